The van der Waals surface area contributed by atoms with Gasteiger partial charge < -0.3 is 24.4 Å². The number of anilines is 1. The number of carbonyl (C=O) groups excluding carboxylic acids is 1. The van der Waals surface area contributed by atoms with Crippen LogP contribution in [0.3, 0.4) is 0 Å². The maximum absolute atomic E-state index is 13.0. The van der Waals surface area contributed by atoms with E-state index < -0.39 is 24.3 Å². The summed E-state index contributed by atoms with van der Waals surface area (Å²) >= 11 is 0. The molecule has 0 aliphatic heterocycles. The molecule has 3 aromatic carbocycles. The van der Waals surface area contributed by atoms with E-state index in [-0.39, 0.29) is 19.8 Å². The van der Waals surface area contributed by atoms with Gasteiger partial charge >= 0.3 is 12.1 Å². The molecule has 0 bridgehead atoms. The minimum Gasteiger partial charge on any atom is -0.491 e. The summed E-state index contributed by atoms with van der Waals surface area (Å²) in [6.07, 6.45) is -0.277. The lowest BCUT2D eigenvalue weighted by Crippen LogP contribution is -2.28. The summed E-state index contributed by atoms with van der Waals surface area (Å²) in [5.41, 5.74) is 1.12. The average molecular weight is 466 g/mol. The van der Waals surface area contributed by atoms with Gasteiger partial charge in [0.05, 0.1) is 12.3 Å². The third kappa shape index (κ3) is 6.81. The van der Waals surface area contributed by atoms with Crippen LogP contribution in [-0.4, -0.2) is 48.2 Å². The van der Waals surface area contributed by atoms with Gasteiger partial charge in [-0.15, -0.1) is 0 Å². The number of benzene rings is 3. The van der Waals surface area contributed by atoms with Gasteiger partial charge in [0.25, 0.3) is 0 Å². The fraction of sp³-hybridized carbons (Fsp3) is 0.231. The number of carboxylic acids is 1. The van der Waals surface area contributed by atoms with Gasteiger partial charge in [0.2, 0.25) is 0 Å². The van der Waals surface area contributed by atoms with Crippen molar-refractivity contribution in [2.45, 2.75) is 19.1 Å². The Morgan fingerprint density at radius 1 is 1.06 bits per heavy atom. The second-order valence-electron chi connectivity index (χ2n) is 7.24. The van der Waals surface area contributed by atoms with Crippen LogP contribution < -0.4 is 10.1 Å². The van der Waals surface area contributed by atoms with Crippen molar-refractivity contribution in [3.8, 4) is 5.75 Å². The van der Waals surface area contributed by atoms with Gasteiger partial charge in [-0.25, -0.2) is 9.59 Å². The highest BCUT2D eigenvalue weighted by Crippen LogP contribution is 2.29. The zero-order valence-corrected chi connectivity index (χ0v) is 18.7. The summed E-state index contributed by atoms with van der Waals surface area (Å²) in [4.78, 5) is 24.1. The number of hydrogen-bond donors (Lipinski definition) is 3. The first kappa shape index (κ1) is 24.8. The number of aliphatic carboxylic acids is 1. The quantitative estimate of drug-likeness (QED) is 0.356. The van der Waals surface area contributed by atoms with Crippen molar-refractivity contribution >= 4 is 28.5 Å². The van der Waals surface area contributed by atoms with Gasteiger partial charge in [0.1, 0.15) is 18.5 Å². The normalized spacial score (nSPS) is 12.9. The van der Waals surface area contributed by atoms with E-state index in [1.807, 2.05) is 36.4 Å². The molecule has 178 valence electrons. The van der Waals surface area contributed by atoms with Crippen molar-refractivity contribution in [3.63, 3.8) is 0 Å². The van der Waals surface area contributed by atoms with Crippen molar-refractivity contribution in [1.29, 1.82) is 0 Å². The minimum atomic E-state index is -1.15. The molecule has 0 heterocycles. The number of hydrogen-bond acceptors (Lipinski definition) is 6. The van der Waals surface area contributed by atoms with Gasteiger partial charge in [0.15, 0.2) is 6.10 Å². The Labute approximate surface area is 197 Å². The molecular weight excluding hydrogens is 438 g/mol. The molecule has 0 spiro atoms. The molecule has 3 N–H and O–H groups in total. The molecule has 2 atom stereocenters. The molecule has 0 aliphatic rings. The molecule has 8 nitrogen and oxygen atoms in total. The number of carbonyl (C=O) groups is 2. The standard InChI is InChI=1S/C26H27NO7/c1-2-32-23(13-14-24(29)30)25(19-9-5-10-20(17-19)33-16-15-28)34-26(31)27-22-12-6-8-18-7-3-4-11-21(18)22/h3-14,17,23,25,28H,2,15-16H2,1H3,(H,27,31)(H,29,30)/b14-13+/t23-,25-/m1/s1. The van der Waals surface area contributed by atoms with Crippen LogP contribution >= 0.6 is 0 Å². The SMILES string of the molecule is CCO[C@H](/C=C/C(=O)O)[C@H](OC(=O)Nc1cccc2ccccc12)c1cccc(OCCO)c1. The minimum absolute atomic E-state index is 0.102. The summed E-state index contributed by atoms with van der Waals surface area (Å²) < 4.78 is 17.0. The number of fused-ring (bicyclic) bond motifs is 1. The van der Waals surface area contributed by atoms with Crippen molar-refractivity contribution in [3.05, 3.63) is 84.4 Å². The van der Waals surface area contributed by atoms with Crippen LogP contribution in [0.25, 0.3) is 10.8 Å². The highest BCUT2D eigenvalue weighted by Gasteiger charge is 2.27. The van der Waals surface area contributed by atoms with Crippen LogP contribution in [0, 0.1) is 0 Å². The second kappa shape index (κ2) is 12.4. The summed E-state index contributed by atoms with van der Waals surface area (Å²) in [6.45, 7) is 1.97. The Bertz CT molecular complexity index is 1140. The Morgan fingerprint density at radius 2 is 1.82 bits per heavy atom. The summed E-state index contributed by atoms with van der Waals surface area (Å²) in [7, 11) is 0. The third-order valence-electron chi connectivity index (χ3n) is 4.89. The monoisotopic (exact) mass is 465 g/mol. The fourth-order valence-corrected chi connectivity index (χ4v) is 3.47. The van der Waals surface area contributed by atoms with Crippen molar-refractivity contribution in [2.24, 2.45) is 0 Å². The third-order valence-corrected chi connectivity index (χ3v) is 4.89. The second-order valence-corrected chi connectivity index (χ2v) is 7.24. The Balaban J connectivity index is 1.90. The van der Waals surface area contributed by atoms with Gasteiger partial charge in [0, 0.05) is 18.1 Å². The van der Waals surface area contributed by atoms with Crippen molar-refractivity contribution in [1.82, 2.24) is 0 Å². The number of aliphatic hydroxyl groups excluding tert-OH is 1. The van der Waals surface area contributed by atoms with E-state index in [9.17, 15) is 9.59 Å². The predicted molar refractivity (Wildman–Crippen MR) is 128 cm³/mol. The van der Waals surface area contributed by atoms with Crippen LogP contribution in [0.5, 0.6) is 5.75 Å². The van der Waals surface area contributed by atoms with E-state index in [0.29, 0.717) is 17.0 Å². The van der Waals surface area contributed by atoms with Gasteiger partial charge in [-0.2, -0.15) is 0 Å². The van der Waals surface area contributed by atoms with E-state index in [4.69, 9.17) is 24.4 Å². The molecule has 0 aromatic heterocycles. The lowest BCUT2D eigenvalue weighted by atomic mass is 10.0. The number of amides is 1. The highest BCUT2D eigenvalue weighted by atomic mass is 16.6. The molecule has 0 saturated heterocycles. The molecule has 34 heavy (non-hydrogen) atoms. The zero-order chi connectivity index (χ0) is 24.3. The van der Waals surface area contributed by atoms with Crippen molar-refractivity contribution in [2.75, 3.05) is 25.1 Å². The smallest absolute Gasteiger partial charge is 0.412 e. The van der Waals surface area contributed by atoms with E-state index >= 15 is 0 Å². The van der Waals surface area contributed by atoms with E-state index in [0.717, 1.165) is 16.8 Å². The lowest BCUT2D eigenvalue weighted by molar-refractivity contribution is -0.131. The van der Waals surface area contributed by atoms with Gasteiger partial charge in [-0.05, 0) is 42.1 Å². The Morgan fingerprint density at radius 3 is 2.59 bits per heavy atom. The topological polar surface area (TPSA) is 114 Å². The largest absolute Gasteiger partial charge is 0.491 e. The van der Waals surface area contributed by atoms with Crippen LogP contribution in [0.1, 0.15) is 18.6 Å². The van der Waals surface area contributed by atoms with Crippen LogP contribution in [-0.2, 0) is 14.3 Å². The van der Waals surface area contributed by atoms with Crippen LogP contribution in [0.4, 0.5) is 10.5 Å². The first-order chi connectivity index (χ1) is 16.5. The molecule has 3 aromatic rings. The molecular formula is C26H27NO7. The molecule has 0 radical (unpaired) electrons. The zero-order valence-electron chi connectivity index (χ0n) is 18.7. The number of rotatable bonds is 11. The molecule has 0 fully saturated rings. The fourth-order valence-electron chi connectivity index (χ4n) is 3.47. The lowest BCUT2D eigenvalue weighted by Gasteiger charge is -2.25. The number of aliphatic hydroxyl groups is 1. The Hall–Kier alpha value is -3.88. The Kier molecular flexibility index (Phi) is 9.02. The summed E-state index contributed by atoms with van der Waals surface area (Å²) in [5.74, 6) is -0.684. The van der Waals surface area contributed by atoms with Gasteiger partial charge in [-0.3, -0.25) is 5.32 Å². The number of carboxylic acid groups (broad SMARTS) is 1. The van der Waals surface area contributed by atoms with Crippen LogP contribution in [0.2, 0.25) is 0 Å². The molecule has 0 saturated carbocycles. The first-order valence-electron chi connectivity index (χ1n) is 10.8. The summed E-state index contributed by atoms with van der Waals surface area (Å²) in [5, 5.41) is 22.7. The predicted octanol–water partition coefficient (Wildman–Crippen LogP) is 4.55. The van der Waals surface area contributed by atoms with E-state index in [1.54, 1.807) is 37.3 Å². The van der Waals surface area contributed by atoms with E-state index in [2.05, 4.69) is 5.32 Å². The highest BCUT2D eigenvalue weighted by molar-refractivity contribution is 6.00. The molecule has 0 aliphatic carbocycles. The van der Waals surface area contributed by atoms with E-state index in [1.165, 1.54) is 6.08 Å². The van der Waals surface area contributed by atoms with Gasteiger partial charge in [-0.1, -0.05) is 48.5 Å². The average Bonchev–Trinajstić information content (AvgIpc) is 2.84. The first-order valence-corrected chi connectivity index (χ1v) is 10.8. The maximum Gasteiger partial charge on any atom is 0.412 e. The molecule has 0 unspecified atom stereocenters. The molecule has 3 rings (SSSR count). The number of nitrogens with one attached hydrogen (secondary N) is 1. The summed E-state index contributed by atoms with van der Waals surface area (Å²) in [6, 6.07) is 20.0. The molecule has 1 amide bonds. The maximum atomic E-state index is 13.0. The van der Waals surface area contributed by atoms with Crippen molar-refractivity contribution < 1.29 is 34.0 Å². The number of ether oxygens (including phenoxy) is 3. The van der Waals surface area contributed by atoms with Crippen LogP contribution in [0.15, 0.2) is 78.9 Å². The molecule has 8 heteroatoms.